The molecule has 3 aliphatic heterocycles. The number of ether oxygens (including phenoxy) is 4. The summed E-state index contributed by atoms with van der Waals surface area (Å²) in [5.41, 5.74) is 0.406. The molecule has 10 nitrogen and oxygen atoms in total. The van der Waals surface area contributed by atoms with Crippen molar-refractivity contribution in [1.82, 2.24) is 10.6 Å². The van der Waals surface area contributed by atoms with Gasteiger partial charge in [-0.15, -0.1) is 0 Å². The second kappa shape index (κ2) is 14.3. The van der Waals surface area contributed by atoms with Gasteiger partial charge in [-0.2, -0.15) is 0 Å². The number of esters is 1. The number of hydrogen-bond donors (Lipinski definition) is 3. The van der Waals surface area contributed by atoms with Crippen LogP contribution in [0.25, 0.3) is 0 Å². The molecule has 3 saturated heterocycles. The molecule has 3 N–H and O–H groups in total. The Kier molecular flexibility index (Phi) is 11.0. The van der Waals surface area contributed by atoms with Gasteiger partial charge in [0.1, 0.15) is 23.9 Å². The molecule has 0 aromatic carbocycles. The van der Waals surface area contributed by atoms with E-state index in [1.807, 2.05) is 26.0 Å². The largest absolute Gasteiger partial charge is 0.459 e. The highest BCUT2D eigenvalue weighted by Crippen LogP contribution is 2.43. The monoisotopic (exact) mass is 588 g/mol. The van der Waals surface area contributed by atoms with E-state index in [2.05, 4.69) is 23.6 Å². The predicted octanol–water partition coefficient (Wildman–Crippen LogP) is 3.03. The lowest BCUT2D eigenvalue weighted by molar-refractivity contribution is -0.146. The number of allylic oxidation sites excluding steroid dienone is 2. The summed E-state index contributed by atoms with van der Waals surface area (Å²) in [5, 5.41) is 17.0. The zero-order chi connectivity index (χ0) is 30.4. The molecule has 3 heterocycles. The topological polar surface area (TPSA) is 136 Å². The molecule has 0 aromatic heterocycles. The lowest BCUT2D eigenvalue weighted by atomic mass is 9.87. The molecule has 0 radical (unpaired) electrons. The van der Waals surface area contributed by atoms with E-state index in [1.54, 1.807) is 13.0 Å². The van der Waals surface area contributed by atoms with Gasteiger partial charge in [0.2, 0.25) is 11.8 Å². The van der Waals surface area contributed by atoms with Crippen molar-refractivity contribution in [3.8, 4) is 0 Å². The van der Waals surface area contributed by atoms with Gasteiger partial charge in [-0.05, 0) is 64.9 Å². The van der Waals surface area contributed by atoms with Crippen molar-refractivity contribution in [2.75, 3.05) is 6.61 Å². The Labute approximate surface area is 249 Å². The molecule has 9 atom stereocenters. The molecule has 10 heteroatoms. The van der Waals surface area contributed by atoms with E-state index in [0.717, 1.165) is 31.3 Å². The van der Waals surface area contributed by atoms with E-state index in [-0.39, 0.29) is 54.5 Å². The van der Waals surface area contributed by atoms with Crippen molar-refractivity contribution in [1.29, 1.82) is 0 Å². The summed E-state index contributed by atoms with van der Waals surface area (Å²) in [6, 6.07) is 0.170. The number of nitrogens with one attached hydrogen (secondary N) is 2. The minimum absolute atomic E-state index is 0.00124. The average Bonchev–Trinajstić information content (AvgIpc) is 3.67. The smallest absolute Gasteiger partial charge is 0.303 e. The van der Waals surface area contributed by atoms with Gasteiger partial charge in [-0.25, -0.2) is 0 Å². The molecule has 4 fully saturated rings. The normalized spacial score (nSPS) is 36.0. The lowest BCUT2D eigenvalue weighted by Crippen LogP contribution is -2.51. The molecule has 0 aromatic rings. The number of aliphatic hydroxyl groups is 1. The van der Waals surface area contributed by atoms with Crippen LogP contribution in [0, 0.1) is 5.92 Å². The van der Waals surface area contributed by atoms with Crippen LogP contribution in [0.15, 0.2) is 36.0 Å². The summed E-state index contributed by atoms with van der Waals surface area (Å²) in [4.78, 5) is 35.9. The van der Waals surface area contributed by atoms with Crippen LogP contribution in [0.1, 0.15) is 79.6 Å². The lowest BCUT2D eigenvalue weighted by Gasteiger charge is -2.39. The molecule has 2 amide bonds. The highest BCUT2D eigenvalue weighted by atomic mass is 16.6. The number of carbonyl (C=O) groups is 3. The van der Waals surface area contributed by atoms with Crippen LogP contribution in [-0.2, 0) is 33.3 Å². The molecule has 1 aliphatic carbocycles. The van der Waals surface area contributed by atoms with Crippen LogP contribution in [0.2, 0.25) is 0 Å². The maximum atomic E-state index is 12.5. The Morgan fingerprint density at radius 2 is 1.86 bits per heavy atom. The second-order valence-corrected chi connectivity index (χ2v) is 12.5. The third-order valence-electron chi connectivity index (χ3n) is 8.81. The fraction of sp³-hybridized carbons (Fsp3) is 0.719. The fourth-order valence-electron chi connectivity index (χ4n) is 5.93. The van der Waals surface area contributed by atoms with Gasteiger partial charge < -0.3 is 34.7 Å². The maximum Gasteiger partial charge on any atom is 0.303 e. The third-order valence-corrected chi connectivity index (χ3v) is 8.81. The van der Waals surface area contributed by atoms with Crippen LogP contribution in [0.4, 0.5) is 0 Å². The molecule has 1 saturated carbocycles. The molecular formula is C32H48N2O8. The van der Waals surface area contributed by atoms with Crippen LogP contribution >= 0.6 is 0 Å². The summed E-state index contributed by atoms with van der Waals surface area (Å²) < 4.78 is 23.1. The van der Waals surface area contributed by atoms with Crippen LogP contribution in [-0.4, -0.2) is 83.8 Å². The first-order chi connectivity index (χ1) is 19.9. The van der Waals surface area contributed by atoms with Crippen LogP contribution in [0.5, 0.6) is 0 Å². The molecule has 1 unspecified atom stereocenters. The van der Waals surface area contributed by atoms with E-state index < -0.39 is 29.9 Å². The van der Waals surface area contributed by atoms with Crippen molar-refractivity contribution in [2.45, 2.75) is 134 Å². The predicted molar refractivity (Wildman–Crippen MR) is 156 cm³/mol. The van der Waals surface area contributed by atoms with E-state index in [4.69, 9.17) is 18.9 Å². The zero-order valence-corrected chi connectivity index (χ0v) is 25.5. The first kappa shape index (κ1) is 32.4. The standard InChI is InChI=1S/C32H48N2O8/c1-19(9-12-27-20(2)15-26(22(4)41-27)34-29(36)14-11-21(3)40-23(5)35)10-13-28-31(38)32(18-39-32)17-25(42-28)16-30(37)33-24-7-6-8-24/h9-11,13-14,20-22,24-28,31,38H,6-8,12,15-18H2,1-5H3,(H,33,37)(H,34,36)/b13-10+,14-11-,19-9+/t20-,21-,22+,25+,26+,27-,28+,31+,32?/m0/s1. The number of epoxide rings is 1. The number of aliphatic hydroxyl groups excluding tert-OH is 1. The number of amides is 2. The van der Waals surface area contributed by atoms with Crippen molar-refractivity contribution < 1.29 is 38.4 Å². The van der Waals surface area contributed by atoms with Gasteiger partial charge in [0.25, 0.3) is 0 Å². The molecule has 1 spiro atoms. The third kappa shape index (κ3) is 8.99. The Morgan fingerprint density at radius 1 is 1.12 bits per heavy atom. The Morgan fingerprint density at radius 3 is 2.50 bits per heavy atom. The van der Waals surface area contributed by atoms with E-state index in [1.165, 1.54) is 13.0 Å². The summed E-state index contributed by atoms with van der Waals surface area (Å²) in [6.45, 7) is 9.60. The van der Waals surface area contributed by atoms with Gasteiger partial charge in [-0.3, -0.25) is 14.4 Å². The Bertz CT molecular complexity index is 1060. The molecule has 4 rings (SSSR count). The van der Waals surface area contributed by atoms with Gasteiger partial charge in [0.05, 0.1) is 37.4 Å². The van der Waals surface area contributed by atoms with Crippen LogP contribution < -0.4 is 10.6 Å². The molecule has 42 heavy (non-hydrogen) atoms. The summed E-state index contributed by atoms with van der Waals surface area (Å²) in [6.07, 6.45) is 12.2. The van der Waals surface area contributed by atoms with Crippen molar-refractivity contribution in [3.63, 3.8) is 0 Å². The minimum Gasteiger partial charge on any atom is -0.459 e. The quantitative estimate of drug-likeness (QED) is 0.145. The van der Waals surface area contributed by atoms with Crippen molar-refractivity contribution in [3.05, 3.63) is 36.0 Å². The van der Waals surface area contributed by atoms with E-state index >= 15 is 0 Å². The highest BCUT2D eigenvalue weighted by molar-refractivity contribution is 5.87. The fourth-order valence-corrected chi connectivity index (χ4v) is 5.93. The van der Waals surface area contributed by atoms with Gasteiger partial charge in [0, 0.05) is 25.5 Å². The zero-order valence-electron chi connectivity index (χ0n) is 25.5. The van der Waals surface area contributed by atoms with Crippen LogP contribution in [0.3, 0.4) is 0 Å². The van der Waals surface area contributed by atoms with Crippen molar-refractivity contribution in [2.24, 2.45) is 5.92 Å². The number of carbonyl (C=O) groups excluding carboxylic acids is 3. The number of rotatable bonds is 11. The summed E-state index contributed by atoms with van der Waals surface area (Å²) in [7, 11) is 0. The Balaban J connectivity index is 1.25. The maximum absolute atomic E-state index is 12.5. The Hall–Kier alpha value is -2.53. The summed E-state index contributed by atoms with van der Waals surface area (Å²) in [5.74, 6) is -0.409. The van der Waals surface area contributed by atoms with Gasteiger partial charge in [-0.1, -0.05) is 30.7 Å². The van der Waals surface area contributed by atoms with Gasteiger partial charge in [0.15, 0.2) is 0 Å². The average molecular weight is 589 g/mol. The van der Waals surface area contributed by atoms with E-state index in [9.17, 15) is 19.5 Å². The number of hydrogen-bond acceptors (Lipinski definition) is 8. The molecule has 234 valence electrons. The highest BCUT2D eigenvalue weighted by Gasteiger charge is 2.58. The van der Waals surface area contributed by atoms with Gasteiger partial charge >= 0.3 is 5.97 Å². The minimum atomic E-state index is -0.776. The van der Waals surface area contributed by atoms with Crippen molar-refractivity contribution >= 4 is 17.8 Å². The molecule has 4 aliphatic rings. The molecular weight excluding hydrogens is 540 g/mol. The molecule has 0 bridgehead atoms. The first-order valence-electron chi connectivity index (χ1n) is 15.4. The first-order valence-corrected chi connectivity index (χ1v) is 15.4. The second-order valence-electron chi connectivity index (χ2n) is 12.5. The SMILES string of the molecule is CC(=O)O[C@@H](C)/C=C\C(=O)N[C@@H]1C[C@H](C)[C@H](C/C=C(C)/C=C/[C@H]2O[C@H](CC(=O)NC3CCC3)CC3(CO3)[C@@H]2O)O[C@@H]1C. The summed E-state index contributed by atoms with van der Waals surface area (Å²) >= 11 is 0. The van der Waals surface area contributed by atoms with E-state index in [0.29, 0.717) is 19.4 Å².